The second-order valence-corrected chi connectivity index (χ2v) is 4.33. The molecule has 1 rings (SSSR count). The summed E-state index contributed by atoms with van der Waals surface area (Å²) in [6, 6.07) is 0. The first-order chi connectivity index (χ1) is 6.93. The average molecular weight is 199 g/mol. The van der Waals surface area contributed by atoms with Gasteiger partial charge in [-0.25, -0.2) is 0 Å². The Labute approximate surface area is 88.4 Å². The molecule has 1 aliphatic carbocycles. The number of nitrogens with one attached hydrogen (secondary N) is 1. The molecule has 0 bridgehead atoms. The van der Waals surface area contributed by atoms with Crippen molar-refractivity contribution in [1.29, 1.82) is 0 Å². The summed E-state index contributed by atoms with van der Waals surface area (Å²) in [5.74, 6) is 0.866. The van der Waals surface area contributed by atoms with Gasteiger partial charge < -0.3 is 10.1 Å². The van der Waals surface area contributed by atoms with E-state index in [0.717, 1.165) is 32.2 Å². The Morgan fingerprint density at radius 3 is 2.71 bits per heavy atom. The van der Waals surface area contributed by atoms with Crippen LogP contribution in [0.3, 0.4) is 0 Å². The molecule has 0 radical (unpaired) electrons. The molecule has 0 unspecified atom stereocenters. The minimum Gasteiger partial charge on any atom is -0.380 e. The van der Waals surface area contributed by atoms with E-state index in [1.54, 1.807) is 0 Å². The first kappa shape index (κ1) is 12.0. The topological polar surface area (TPSA) is 21.3 Å². The molecular formula is C12H25NO. The van der Waals surface area contributed by atoms with Crippen LogP contribution >= 0.6 is 0 Å². The van der Waals surface area contributed by atoms with Crippen LogP contribution < -0.4 is 5.32 Å². The van der Waals surface area contributed by atoms with E-state index in [4.69, 9.17) is 4.74 Å². The molecule has 0 saturated heterocycles. The standard InChI is InChI=1S/C12H25NO/c1-2-3-8-13-9-10-14-11-12-6-4-5-7-12/h12-13H,2-11H2,1H3. The van der Waals surface area contributed by atoms with Gasteiger partial charge in [0.1, 0.15) is 0 Å². The van der Waals surface area contributed by atoms with E-state index in [9.17, 15) is 0 Å². The fourth-order valence-corrected chi connectivity index (χ4v) is 2.00. The van der Waals surface area contributed by atoms with Gasteiger partial charge in [0.05, 0.1) is 6.61 Å². The molecule has 14 heavy (non-hydrogen) atoms. The maximum absolute atomic E-state index is 5.64. The Morgan fingerprint density at radius 1 is 1.21 bits per heavy atom. The molecule has 2 heteroatoms. The quantitative estimate of drug-likeness (QED) is 0.607. The summed E-state index contributed by atoms with van der Waals surface area (Å²) in [6.07, 6.45) is 8.18. The third-order valence-corrected chi connectivity index (χ3v) is 2.96. The third kappa shape index (κ3) is 5.61. The largest absolute Gasteiger partial charge is 0.380 e. The molecule has 0 heterocycles. The molecule has 1 saturated carbocycles. The summed E-state index contributed by atoms with van der Waals surface area (Å²) in [7, 11) is 0. The van der Waals surface area contributed by atoms with Crippen molar-refractivity contribution in [1.82, 2.24) is 5.32 Å². The van der Waals surface area contributed by atoms with Gasteiger partial charge in [-0.3, -0.25) is 0 Å². The molecule has 0 aromatic rings. The van der Waals surface area contributed by atoms with Crippen molar-refractivity contribution in [2.45, 2.75) is 45.4 Å². The van der Waals surface area contributed by atoms with Gasteiger partial charge >= 0.3 is 0 Å². The zero-order valence-corrected chi connectivity index (χ0v) is 9.56. The minimum atomic E-state index is 0.866. The van der Waals surface area contributed by atoms with Crippen LogP contribution in [0, 0.1) is 5.92 Å². The van der Waals surface area contributed by atoms with E-state index in [0.29, 0.717) is 0 Å². The lowest BCUT2D eigenvalue weighted by molar-refractivity contribution is 0.103. The number of unbranched alkanes of at least 4 members (excludes halogenated alkanes) is 1. The third-order valence-electron chi connectivity index (χ3n) is 2.96. The molecule has 2 nitrogen and oxygen atoms in total. The second-order valence-electron chi connectivity index (χ2n) is 4.33. The lowest BCUT2D eigenvalue weighted by Crippen LogP contribution is -2.21. The first-order valence-electron chi connectivity index (χ1n) is 6.22. The average Bonchev–Trinajstić information content (AvgIpc) is 2.69. The van der Waals surface area contributed by atoms with Gasteiger partial charge in [0, 0.05) is 13.2 Å². The van der Waals surface area contributed by atoms with E-state index in [1.165, 1.54) is 38.5 Å². The molecular weight excluding hydrogens is 174 g/mol. The predicted molar refractivity (Wildman–Crippen MR) is 60.6 cm³/mol. The zero-order valence-electron chi connectivity index (χ0n) is 9.56. The fourth-order valence-electron chi connectivity index (χ4n) is 2.00. The molecule has 0 spiro atoms. The summed E-state index contributed by atoms with van der Waals surface area (Å²) in [4.78, 5) is 0. The highest BCUT2D eigenvalue weighted by molar-refractivity contribution is 4.66. The molecule has 1 aliphatic rings. The second kappa shape index (κ2) is 8.25. The Morgan fingerprint density at radius 2 is 2.00 bits per heavy atom. The van der Waals surface area contributed by atoms with Crippen molar-refractivity contribution in [3.8, 4) is 0 Å². The Balaban J connectivity index is 1.75. The highest BCUT2D eigenvalue weighted by atomic mass is 16.5. The van der Waals surface area contributed by atoms with Gasteiger partial charge in [-0.2, -0.15) is 0 Å². The SMILES string of the molecule is CCCCNCCOCC1CCCC1. The van der Waals surface area contributed by atoms with E-state index < -0.39 is 0 Å². The summed E-state index contributed by atoms with van der Waals surface area (Å²) in [6.45, 7) is 6.27. The summed E-state index contributed by atoms with van der Waals surface area (Å²) in [5.41, 5.74) is 0. The number of rotatable bonds is 8. The van der Waals surface area contributed by atoms with Gasteiger partial charge in [-0.15, -0.1) is 0 Å². The van der Waals surface area contributed by atoms with Crippen LogP contribution in [0.1, 0.15) is 45.4 Å². The van der Waals surface area contributed by atoms with Crippen LogP contribution in [-0.2, 0) is 4.74 Å². The molecule has 1 fully saturated rings. The van der Waals surface area contributed by atoms with Gasteiger partial charge in [-0.05, 0) is 31.7 Å². The van der Waals surface area contributed by atoms with E-state index in [1.807, 2.05) is 0 Å². The van der Waals surface area contributed by atoms with E-state index in [-0.39, 0.29) is 0 Å². The lowest BCUT2D eigenvalue weighted by atomic mass is 10.1. The van der Waals surface area contributed by atoms with Crippen molar-refractivity contribution in [2.75, 3.05) is 26.3 Å². The molecule has 0 atom stereocenters. The maximum Gasteiger partial charge on any atom is 0.0591 e. The van der Waals surface area contributed by atoms with Gasteiger partial charge in [-0.1, -0.05) is 26.2 Å². The fraction of sp³-hybridized carbons (Fsp3) is 1.00. The van der Waals surface area contributed by atoms with Gasteiger partial charge in [0.2, 0.25) is 0 Å². The van der Waals surface area contributed by atoms with Crippen molar-refractivity contribution in [3.05, 3.63) is 0 Å². The Hall–Kier alpha value is -0.0800. The van der Waals surface area contributed by atoms with Crippen molar-refractivity contribution in [2.24, 2.45) is 5.92 Å². The summed E-state index contributed by atoms with van der Waals surface area (Å²) >= 11 is 0. The maximum atomic E-state index is 5.64. The lowest BCUT2D eigenvalue weighted by Gasteiger charge is -2.10. The Bertz CT molecular complexity index is 121. The van der Waals surface area contributed by atoms with Crippen LogP contribution in [0.4, 0.5) is 0 Å². The highest BCUT2D eigenvalue weighted by Gasteiger charge is 2.14. The van der Waals surface area contributed by atoms with E-state index in [2.05, 4.69) is 12.2 Å². The first-order valence-corrected chi connectivity index (χ1v) is 6.22. The van der Waals surface area contributed by atoms with Crippen LogP contribution in [0.25, 0.3) is 0 Å². The minimum absolute atomic E-state index is 0.866. The van der Waals surface area contributed by atoms with Crippen molar-refractivity contribution in [3.63, 3.8) is 0 Å². The normalized spacial score (nSPS) is 17.8. The zero-order chi connectivity index (χ0) is 10.1. The summed E-state index contributed by atoms with van der Waals surface area (Å²) < 4.78 is 5.64. The molecule has 0 aromatic carbocycles. The van der Waals surface area contributed by atoms with E-state index >= 15 is 0 Å². The number of ether oxygens (including phenoxy) is 1. The monoisotopic (exact) mass is 199 g/mol. The summed E-state index contributed by atoms with van der Waals surface area (Å²) in [5, 5.41) is 3.39. The van der Waals surface area contributed by atoms with Gasteiger partial charge in [0.25, 0.3) is 0 Å². The van der Waals surface area contributed by atoms with Crippen molar-refractivity contribution >= 4 is 0 Å². The highest BCUT2D eigenvalue weighted by Crippen LogP contribution is 2.24. The van der Waals surface area contributed by atoms with Crippen LogP contribution in [0.2, 0.25) is 0 Å². The van der Waals surface area contributed by atoms with Crippen molar-refractivity contribution < 1.29 is 4.74 Å². The number of hydrogen-bond acceptors (Lipinski definition) is 2. The van der Waals surface area contributed by atoms with Crippen LogP contribution in [0.15, 0.2) is 0 Å². The number of hydrogen-bond donors (Lipinski definition) is 1. The van der Waals surface area contributed by atoms with Crippen LogP contribution in [0.5, 0.6) is 0 Å². The molecule has 0 amide bonds. The molecule has 84 valence electrons. The predicted octanol–water partition coefficient (Wildman–Crippen LogP) is 2.58. The Kier molecular flexibility index (Phi) is 7.06. The molecule has 1 N–H and O–H groups in total. The van der Waals surface area contributed by atoms with Crippen LogP contribution in [-0.4, -0.2) is 26.3 Å². The molecule has 0 aliphatic heterocycles. The smallest absolute Gasteiger partial charge is 0.0591 e. The molecule has 0 aromatic heterocycles. The van der Waals surface area contributed by atoms with Gasteiger partial charge in [0.15, 0.2) is 0 Å².